The maximum absolute atomic E-state index is 9.24. The van der Waals surface area contributed by atoms with E-state index >= 15 is 0 Å². The van der Waals surface area contributed by atoms with Crippen molar-refractivity contribution in [1.82, 2.24) is 8.10 Å². The molecule has 5 heteroatoms. The van der Waals surface area contributed by atoms with Crippen LogP contribution < -0.4 is 5.32 Å². The normalized spacial score (nSPS) is 13.5. The van der Waals surface area contributed by atoms with Crippen molar-refractivity contribution < 1.29 is 10.2 Å². The molecule has 0 fully saturated rings. The number of benzene rings is 1. The largest absolute Gasteiger partial charge is 0.367 e. The summed E-state index contributed by atoms with van der Waals surface area (Å²) in [6.45, 7) is 0. The molecule has 17 heavy (non-hydrogen) atoms. The van der Waals surface area contributed by atoms with Crippen LogP contribution in [0.15, 0.2) is 30.5 Å². The zero-order valence-electron chi connectivity index (χ0n) is 9.47. The predicted octanol–water partition coefficient (Wildman–Crippen LogP) is 1.28. The van der Waals surface area contributed by atoms with Crippen molar-refractivity contribution in [3.05, 3.63) is 36.0 Å². The molecule has 0 saturated carbocycles. The first-order valence-electron chi connectivity index (χ1n) is 5.42. The Bertz CT molecular complexity index is 510. The molecule has 0 saturated heterocycles. The molecule has 0 aliphatic rings. The number of halogens is 1. The van der Waals surface area contributed by atoms with Gasteiger partial charge in [-0.15, -0.1) is 0 Å². The fraction of sp³-hybridized carbons (Fsp3) is 0.333. The number of fused-ring (bicyclic) bond motifs is 1. The van der Waals surface area contributed by atoms with Gasteiger partial charge in [0.2, 0.25) is 0 Å². The van der Waals surface area contributed by atoms with Gasteiger partial charge in [-0.05, 0) is 25.1 Å². The van der Waals surface area contributed by atoms with Crippen LogP contribution >= 0.6 is 22.9 Å². The number of para-hydroxylation sites is 1. The number of rotatable bonds is 4. The molecule has 0 spiro atoms. The molecule has 2 aromatic rings. The molecule has 0 bridgehead atoms. The Balaban J connectivity index is 2.36. The highest BCUT2D eigenvalue weighted by Gasteiger charge is 2.17. The maximum atomic E-state index is 9.24. The molecule has 3 N–H and O–H groups in total. The molecular formula is C12H15IN2O2. The molecule has 92 valence electrons. The van der Waals surface area contributed by atoms with Crippen LogP contribution in [0.1, 0.15) is 5.56 Å². The van der Waals surface area contributed by atoms with E-state index in [-0.39, 0.29) is 6.04 Å². The van der Waals surface area contributed by atoms with Crippen LogP contribution in [-0.2, 0) is 6.42 Å². The van der Waals surface area contributed by atoms with E-state index in [2.05, 4.69) is 40.3 Å². The minimum absolute atomic E-state index is 0.350. The summed E-state index contributed by atoms with van der Waals surface area (Å²) in [6, 6.07) is 7.74. The number of hydrogen-bond donors (Lipinski definition) is 3. The molecule has 1 aromatic heterocycles. The van der Waals surface area contributed by atoms with Crippen LogP contribution in [0.5, 0.6) is 0 Å². The van der Waals surface area contributed by atoms with Gasteiger partial charge < -0.3 is 15.5 Å². The quantitative estimate of drug-likeness (QED) is 0.578. The van der Waals surface area contributed by atoms with E-state index < -0.39 is 6.29 Å². The lowest BCUT2D eigenvalue weighted by atomic mass is 10.0. The first kappa shape index (κ1) is 12.8. The second kappa shape index (κ2) is 5.34. The van der Waals surface area contributed by atoms with E-state index in [1.54, 1.807) is 7.05 Å². The Morgan fingerprint density at radius 3 is 2.71 bits per heavy atom. The molecule has 1 aromatic carbocycles. The van der Waals surface area contributed by atoms with Gasteiger partial charge in [0.1, 0.15) is 0 Å². The summed E-state index contributed by atoms with van der Waals surface area (Å²) in [5.74, 6) is 0. The summed E-state index contributed by atoms with van der Waals surface area (Å²) in [4.78, 5) is 0. The predicted molar refractivity (Wildman–Crippen MR) is 76.1 cm³/mol. The number of likely N-dealkylation sites (N-methyl/N-ethyl adjacent to an activating group) is 1. The third kappa shape index (κ3) is 2.62. The van der Waals surface area contributed by atoms with Crippen molar-refractivity contribution in [3.8, 4) is 0 Å². The molecule has 1 heterocycles. The van der Waals surface area contributed by atoms with E-state index in [1.165, 1.54) is 0 Å². The molecule has 0 aliphatic carbocycles. The average Bonchev–Trinajstić information content (AvgIpc) is 2.63. The Labute approximate surface area is 114 Å². The molecule has 4 nitrogen and oxygen atoms in total. The summed E-state index contributed by atoms with van der Waals surface area (Å²) in [5, 5.41) is 22.5. The Morgan fingerprint density at radius 2 is 2.06 bits per heavy atom. The summed E-state index contributed by atoms with van der Waals surface area (Å²) in [6.07, 6.45) is 1.26. The van der Waals surface area contributed by atoms with Crippen LogP contribution in [0.25, 0.3) is 10.9 Å². The standard InChI is InChI=1S/C12H15IN2O2/c1-14-10(12(16)17)6-8-7-15(13)11-5-3-2-4-9(8)11/h2-5,7,10,12,14,16-17H,6H2,1H3/t10-/m0/s1. The molecule has 2 rings (SSSR count). The molecule has 0 aliphatic heterocycles. The minimum Gasteiger partial charge on any atom is -0.367 e. The van der Waals surface area contributed by atoms with Crippen LogP contribution in [-0.4, -0.2) is 32.4 Å². The van der Waals surface area contributed by atoms with Gasteiger partial charge in [0, 0.05) is 11.6 Å². The first-order valence-corrected chi connectivity index (χ1v) is 6.38. The number of aliphatic hydroxyl groups is 2. The van der Waals surface area contributed by atoms with E-state index in [9.17, 15) is 10.2 Å². The fourth-order valence-corrected chi connectivity index (χ4v) is 2.72. The molecular weight excluding hydrogens is 331 g/mol. The van der Waals surface area contributed by atoms with Crippen molar-refractivity contribution in [3.63, 3.8) is 0 Å². The van der Waals surface area contributed by atoms with Gasteiger partial charge in [-0.1, -0.05) is 18.2 Å². The second-order valence-corrected chi connectivity index (χ2v) is 5.04. The number of aliphatic hydroxyl groups excluding tert-OH is 1. The summed E-state index contributed by atoms with van der Waals surface area (Å²) < 4.78 is 2.03. The highest BCUT2D eigenvalue weighted by atomic mass is 127. The van der Waals surface area contributed by atoms with Crippen LogP contribution in [0, 0.1) is 0 Å². The Morgan fingerprint density at radius 1 is 1.35 bits per heavy atom. The van der Waals surface area contributed by atoms with Crippen LogP contribution in [0.3, 0.4) is 0 Å². The smallest absolute Gasteiger partial charge is 0.167 e. The van der Waals surface area contributed by atoms with Gasteiger partial charge in [0.15, 0.2) is 6.29 Å². The van der Waals surface area contributed by atoms with Gasteiger partial charge in [0.25, 0.3) is 0 Å². The maximum Gasteiger partial charge on any atom is 0.167 e. The highest BCUT2D eigenvalue weighted by Crippen LogP contribution is 2.24. The summed E-state index contributed by atoms with van der Waals surface area (Å²) in [5.41, 5.74) is 2.26. The summed E-state index contributed by atoms with van der Waals surface area (Å²) in [7, 11) is 1.73. The van der Waals surface area contributed by atoms with E-state index in [1.807, 2.05) is 21.1 Å². The first-order chi connectivity index (χ1) is 8.13. The lowest BCUT2D eigenvalue weighted by molar-refractivity contribution is -0.0649. The minimum atomic E-state index is -1.35. The summed E-state index contributed by atoms with van der Waals surface area (Å²) >= 11 is 2.23. The molecule has 0 unspecified atom stereocenters. The number of hydrogen-bond acceptors (Lipinski definition) is 3. The van der Waals surface area contributed by atoms with Crippen molar-refractivity contribution >= 4 is 33.8 Å². The number of nitrogens with zero attached hydrogens (tertiary/aromatic N) is 1. The second-order valence-electron chi connectivity index (χ2n) is 4.00. The van der Waals surface area contributed by atoms with Crippen LogP contribution in [0.2, 0.25) is 0 Å². The molecule has 0 amide bonds. The topological polar surface area (TPSA) is 57.4 Å². The van der Waals surface area contributed by atoms with E-state index in [4.69, 9.17) is 0 Å². The zero-order chi connectivity index (χ0) is 12.4. The van der Waals surface area contributed by atoms with Gasteiger partial charge in [-0.3, -0.25) is 2.78 Å². The number of aromatic nitrogens is 1. The monoisotopic (exact) mass is 346 g/mol. The number of nitrogens with one attached hydrogen (secondary N) is 1. The lowest BCUT2D eigenvalue weighted by Crippen LogP contribution is -2.39. The Kier molecular flexibility index (Phi) is 4.03. The van der Waals surface area contributed by atoms with E-state index in [0.29, 0.717) is 6.42 Å². The van der Waals surface area contributed by atoms with Crippen molar-refractivity contribution in [2.45, 2.75) is 18.8 Å². The van der Waals surface area contributed by atoms with Crippen LogP contribution in [0.4, 0.5) is 0 Å². The van der Waals surface area contributed by atoms with Gasteiger partial charge in [-0.2, -0.15) is 0 Å². The third-order valence-electron chi connectivity index (χ3n) is 2.92. The van der Waals surface area contributed by atoms with Crippen molar-refractivity contribution in [2.24, 2.45) is 0 Å². The third-order valence-corrected chi connectivity index (χ3v) is 3.72. The zero-order valence-corrected chi connectivity index (χ0v) is 11.6. The van der Waals surface area contributed by atoms with Gasteiger partial charge in [0.05, 0.1) is 34.4 Å². The molecule has 1 atom stereocenters. The van der Waals surface area contributed by atoms with Crippen molar-refractivity contribution in [2.75, 3.05) is 7.05 Å². The Hall–Kier alpha value is -0.630. The fourth-order valence-electron chi connectivity index (χ4n) is 1.96. The van der Waals surface area contributed by atoms with Gasteiger partial charge >= 0.3 is 0 Å². The highest BCUT2D eigenvalue weighted by molar-refractivity contribution is 14.1. The molecule has 0 radical (unpaired) electrons. The average molecular weight is 346 g/mol. The van der Waals surface area contributed by atoms with E-state index in [0.717, 1.165) is 16.5 Å². The SMILES string of the molecule is CN[C@@H](Cc1cn(I)c2ccccc12)C(O)O. The lowest BCUT2D eigenvalue weighted by Gasteiger charge is -2.17. The van der Waals surface area contributed by atoms with Gasteiger partial charge in [-0.25, -0.2) is 0 Å². The van der Waals surface area contributed by atoms with Crippen molar-refractivity contribution in [1.29, 1.82) is 0 Å².